The van der Waals surface area contributed by atoms with Crippen LogP contribution in [0.2, 0.25) is 0 Å². The summed E-state index contributed by atoms with van der Waals surface area (Å²) in [6.45, 7) is 7.40. The Morgan fingerprint density at radius 1 is 1.33 bits per heavy atom. The van der Waals surface area contributed by atoms with Crippen LogP contribution in [-0.4, -0.2) is 41.5 Å². The number of amides is 1. The lowest BCUT2D eigenvalue weighted by Crippen LogP contribution is -2.52. The van der Waals surface area contributed by atoms with Gasteiger partial charge >= 0.3 is 0 Å². The maximum atomic E-state index is 12.6. The average Bonchev–Trinajstić information content (AvgIpc) is 2.56. The second-order valence-corrected chi connectivity index (χ2v) is 7.03. The van der Waals surface area contributed by atoms with E-state index >= 15 is 0 Å². The highest BCUT2D eigenvalue weighted by atomic mass is 16.1. The van der Waals surface area contributed by atoms with E-state index in [2.05, 4.69) is 42.2 Å². The molecule has 4 heteroatoms. The van der Waals surface area contributed by atoms with Crippen molar-refractivity contribution in [3.63, 3.8) is 0 Å². The van der Waals surface area contributed by atoms with Gasteiger partial charge in [0.1, 0.15) is 0 Å². The van der Waals surface area contributed by atoms with Crippen molar-refractivity contribution in [1.29, 1.82) is 0 Å². The molecule has 2 heterocycles. The summed E-state index contributed by atoms with van der Waals surface area (Å²) in [6, 6.07) is 8.76. The lowest BCUT2D eigenvalue weighted by molar-refractivity contribution is -0.121. The molecule has 1 aromatic heterocycles. The number of carbonyl (C=O) groups is 1. The first-order valence-electron chi connectivity index (χ1n) is 8.82. The van der Waals surface area contributed by atoms with Gasteiger partial charge in [-0.25, -0.2) is 0 Å². The third-order valence-corrected chi connectivity index (χ3v) is 5.47. The molecule has 1 aromatic carbocycles. The Morgan fingerprint density at radius 2 is 2.08 bits per heavy atom. The molecular weight excluding hydrogens is 298 g/mol. The quantitative estimate of drug-likeness (QED) is 0.943. The molecule has 2 aromatic rings. The first kappa shape index (κ1) is 16.9. The number of fused-ring (bicyclic) bond motifs is 1. The Balaban J connectivity index is 1.78. The molecule has 24 heavy (non-hydrogen) atoms. The van der Waals surface area contributed by atoms with Gasteiger partial charge in [0.15, 0.2) is 0 Å². The van der Waals surface area contributed by atoms with Crippen molar-refractivity contribution >= 4 is 16.8 Å². The van der Waals surface area contributed by atoms with E-state index < -0.39 is 0 Å². The van der Waals surface area contributed by atoms with Crippen molar-refractivity contribution in [2.45, 2.75) is 52.1 Å². The largest absolute Gasteiger partial charge is 0.352 e. The number of hydrogen-bond acceptors (Lipinski definition) is 3. The van der Waals surface area contributed by atoms with Crippen molar-refractivity contribution in [2.75, 3.05) is 13.6 Å². The van der Waals surface area contributed by atoms with Crippen LogP contribution in [0.15, 0.2) is 24.3 Å². The summed E-state index contributed by atoms with van der Waals surface area (Å²) in [6.07, 6.45) is 2.61. The Hall–Kier alpha value is -1.94. The smallest absolute Gasteiger partial charge is 0.224 e. The number of likely N-dealkylation sites (tertiary alicyclic amines) is 1. The predicted octanol–water partition coefficient (Wildman–Crippen LogP) is 2.99. The van der Waals surface area contributed by atoms with Crippen molar-refractivity contribution in [1.82, 2.24) is 15.2 Å². The summed E-state index contributed by atoms with van der Waals surface area (Å²) < 4.78 is 0. The van der Waals surface area contributed by atoms with Gasteiger partial charge in [0.25, 0.3) is 0 Å². The van der Waals surface area contributed by atoms with E-state index in [0.717, 1.165) is 41.5 Å². The third kappa shape index (κ3) is 3.29. The molecule has 3 rings (SSSR count). The number of para-hydroxylation sites is 1. The molecule has 1 N–H and O–H groups in total. The highest BCUT2D eigenvalue weighted by Crippen LogP contribution is 2.23. The normalized spacial score (nSPS) is 21.8. The van der Waals surface area contributed by atoms with Crippen LogP contribution in [0.25, 0.3) is 10.9 Å². The fourth-order valence-electron chi connectivity index (χ4n) is 3.75. The van der Waals surface area contributed by atoms with Crippen LogP contribution in [0.5, 0.6) is 0 Å². The first-order chi connectivity index (χ1) is 11.5. The maximum absolute atomic E-state index is 12.6. The average molecular weight is 325 g/mol. The van der Waals surface area contributed by atoms with Crippen molar-refractivity contribution in [3.8, 4) is 0 Å². The molecule has 1 amide bonds. The standard InChI is InChI=1S/C20H27N3O/c1-13-16-8-5-6-9-19(16)21-14(2)17(13)12-20(24)22-18-10-7-11-23(4)15(18)3/h5-6,8-9,15,18H,7,10-12H2,1-4H3,(H,22,24). The van der Waals surface area contributed by atoms with Gasteiger partial charge in [-0.15, -0.1) is 0 Å². The number of nitrogens with one attached hydrogen (secondary N) is 1. The molecule has 0 bridgehead atoms. The summed E-state index contributed by atoms with van der Waals surface area (Å²) in [5, 5.41) is 4.38. The molecule has 0 radical (unpaired) electrons. The van der Waals surface area contributed by atoms with Crippen LogP contribution in [0.1, 0.15) is 36.6 Å². The molecule has 1 aliphatic rings. The molecule has 128 valence electrons. The van der Waals surface area contributed by atoms with Crippen molar-refractivity contribution in [3.05, 3.63) is 41.1 Å². The van der Waals surface area contributed by atoms with Crippen LogP contribution in [0, 0.1) is 13.8 Å². The van der Waals surface area contributed by atoms with Gasteiger partial charge in [-0.05, 0) is 64.4 Å². The zero-order valence-electron chi connectivity index (χ0n) is 15.1. The summed E-state index contributed by atoms with van der Waals surface area (Å²) in [5.41, 5.74) is 4.18. The van der Waals surface area contributed by atoms with Crippen LogP contribution < -0.4 is 5.32 Å². The summed E-state index contributed by atoms with van der Waals surface area (Å²) in [5.74, 6) is 0.102. The number of aryl methyl sites for hydroxylation is 2. The zero-order chi connectivity index (χ0) is 17.3. The first-order valence-corrected chi connectivity index (χ1v) is 8.82. The van der Waals surface area contributed by atoms with Crippen LogP contribution in [-0.2, 0) is 11.2 Å². The Kier molecular flexibility index (Phi) is 4.86. The molecule has 2 atom stereocenters. The van der Waals surface area contributed by atoms with E-state index in [0.29, 0.717) is 12.5 Å². The number of aromatic nitrogens is 1. The molecule has 4 nitrogen and oxygen atoms in total. The Labute approximate surface area is 144 Å². The molecule has 0 saturated carbocycles. The molecule has 1 fully saturated rings. The monoisotopic (exact) mass is 325 g/mol. The molecule has 1 aliphatic heterocycles. The van der Waals surface area contributed by atoms with Crippen LogP contribution >= 0.6 is 0 Å². The Morgan fingerprint density at radius 3 is 2.88 bits per heavy atom. The highest BCUT2D eigenvalue weighted by molar-refractivity contribution is 5.86. The minimum atomic E-state index is 0.102. The molecule has 0 spiro atoms. The van der Waals surface area contributed by atoms with Crippen LogP contribution in [0.3, 0.4) is 0 Å². The summed E-state index contributed by atoms with van der Waals surface area (Å²) in [7, 11) is 2.13. The Bertz CT molecular complexity index is 756. The van der Waals surface area contributed by atoms with Gasteiger partial charge in [-0.3, -0.25) is 9.78 Å². The number of likely N-dealkylation sites (N-methyl/N-ethyl adjacent to an activating group) is 1. The molecule has 2 unspecified atom stereocenters. The number of piperidine rings is 1. The minimum Gasteiger partial charge on any atom is -0.352 e. The lowest BCUT2D eigenvalue weighted by Gasteiger charge is -2.37. The fourth-order valence-corrected chi connectivity index (χ4v) is 3.75. The number of rotatable bonds is 3. The van der Waals surface area contributed by atoms with E-state index in [1.807, 2.05) is 25.1 Å². The van der Waals surface area contributed by atoms with Crippen molar-refractivity contribution < 1.29 is 4.79 Å². The maximum Gasteiger partial charge on any atom is 0.224 e. The third-order valence-electron chi connectivity index (χ3n) is 5.47. The van der Waals surface area contributed by atoms with Gasteiger partial charge in [-0.2, -0.15) is 0 Å². The second-order valence-electron chi connectivity index (χ2n) is 7.03. The van der Waals surface area contributed by atoms with Gasteiger partial charge in [0.05, 0.1) is 11.9 Å². The zero-order valence-corrected chi connectivity index (χ0v) is 15.1. The minimum absolute atomic E-state index is 0.102. The van der Waals surface area contributed by atoms with Gasteiger partial charge in [-0.1, -0.05) is 18.2 Å². The lowest BCUT2D eigenvalue weighted by atomic mass is 9.96. The molecule has 1 saturated heterocycles. The number of pyridine rings is 1. The highest BCUT2D eigenvalue weighted by Gasteiger charge is 2.26. The van der Waals surface area contributed by atoms with Gasteiger partial charge in [0, 0.05) is 23.2 Å². The fraction of sp³-hybridized carbons (Fsp3) is 0.500. The number of carbonyl (C=O) groups excluding carboxylic acids is 1. The van der Waals surface area contributed by atoms with Crippen molar-refractivity contribution in [2.24, 2.45) is 0 Å². The van der Waals surface area contributed by atoms with Gasteiger partial charge < -0.3 is 10.2 Å². The van der Waals surface area contributed by atoms with E-state index in [1.165, 1.54) is 5.56 Å². The number of benzene rings is 1. The van der Waals surface area contributed by atoms with E-state index in [9.17, 15) is 4.79 Å². The topological polar surface area (TPSA) is 45.2 Å². The molecular formula is C20H27N3O. The number of nitrogens with zero attached hydrogens (tertiary/aromatic N) is 2. The predicted molar refractivity (Wildman–Crippen MR) is 98.2 cm³/mol. The van der Waals surface area contributed by atoms with E-state index in [-0.39, 0.29) is 11.9 Å². The van der Waals surface area contributed by atoms with Crippen LogP contribution in [0.4, 0.5) is 0 Å². The SMILES string of the molecule is Cc1nc2ccccc2c(C)c1CC(=O)NC1CCCN(C)C1C. The van der Waals surface area contributed by atoms with Gasteiger partial charge in [0.2, 0.25) is 5.91 Å². The second kappa shape index (κ2) is 6.89. The van der Waals surface area contributed by atoms with E-state index in [1.54, 1.807) is 0 Å². The molecule has 0 aliphatic carbocycles. The summed E-state index contributed by atoms with van der Waals surface area (Å²) >= 11 is 0. The summed E-state index contributed by atoms with van der Waals surface area (Å²) in [4.78, 5) is 19.6. The number of hydrogen-bond donors (Lipinski definition) is 1. The van der Waals surface area contributed by atoms with E-state index in [4.69, 9.17) is 0 Å².